The van der Waals surface area contributed by atoms with Gasteiger partial charge in [0.15, 0.2) is 0 Å². The molecule has 0 unspecified atom stereocenters. The van der Waals surface area contributed by atoms with Crippen LogP contribution in [0.15, 0.2) is 48.7 Å². The third-order valence-corrected chi connectivity index (χ3v) is 2.01. The molecule has 0 aliphatic rings. The first-order valence-corrected chi connectivity index (χ1v) is 4.34. The Hall–Kier alpha value is -0.981. The second kappa shape index (κ2) is 5.04. The maximum absolute atomic E-state index is 4.28. The summed E-state index contributed by atoms with van der Waals surface area (Å²) in [6, 6.07) is 14.3. The Morgan fingerprint density at radius 1 is 0.929 bits per heavy atom. The molecule has 1 radical (unpaired) electrons. The number of hydrogen-bond donors (Lipinski definition) is 0. The molecule has 0 aliphatic heterocycles. The molecule has 1 aromatic heterocycles. The average Bonchev–Trinajstić information content (AvgIpc) is 2.20. The summed E-state index contributed by atoms with van der Waals surface area (Å²) in [7, 11) is 0. The van der Waals surface area contributed by atoms with Crippen LogP contribution in [0.2, 0.25) is 0 Å². The first kappa shape index (κ1) is 11.1. The van der Waals surface area contributed by atoms with Gasteiger partial charge in [-0.3, -0.25) is 4.98 Å². The van der Waals surface area contributed by atoms with Crippen molar-refractivity contribution in [1.82, 2.24) is 4.98 Å². The Morgan fingerprint density at radius 3 is 2.21 bits per heavy atom. The van der Waals surface area contributed by atoms with Crippen molar-refractivity contribution in [3.8, 4) is 11.3 Å². The minimum Gasteiger partial charge on any atom is -0.256 e. The fourth-order valence-corrected chi connectivity index (χ4v) is 1.26. The van der Waals surface area contributed by atoms with Crippen molar-refractivity contribution in [2.24, 2.45) is 0 Å². The molecule has 14 heavy (non-hydrogen) atoms. The van der Waals surface area contributed by atoms with E-state index in [1.165, 1.54) is 11.1 Å². The molecular formula is C12H11IrN. The van der Waals surface area contributed by atoms with Crippen LogP contribution in [-0.4, -0.2) is 4.98 Å². The van der Waals surface area contributed by atoms with Crippen LogP contribution in [0, 0.1) is 6.92 Å². The molecule has 2 rings (SSSR count). The first-order valence-electron chi connectivity index (χ1n) is 4.34. The van der Waals surface area contributed by atoms with Gasteiger partial charge in [0, 0.05) is 31.9 Å². The van der Waals surface area contributed by atoms with E-state index in [1.807, 2.05) is 24.4 Å². The van der Waals surface area contributed by atoms with Crippen LogP contribution in [-0.2, 0) is 20.1 Å². The molecule has 0 bridgehead atoms. The van der Waals surface area contributed by atoms with Crippen molar-refractivity contribution in [2.45, 2.75) is 6.92 Å². The van der Waals surface area contributed by atoms with Crippen LogP contribution in [0.3, 0.4) is 0 Å². The van der Waals surface area contributed by atoms with Gasteiger partial charge in [-0.15, -0.1) is 0 Å². The number of benzene rings is 1. The Kier molecular flexibility index (Phi) is 3.99. The molecule has 1 aromatic carbocycles. The Bertz CT molecular complexity index is 381. The molecule has 2 aromatic rings. The maximum Gasteiger partial charge on any atom is 0.0701 e. The fourth-order valence-electron chi connectivity index (χ4n) is 1.26. The largest absolute Gasteiger partial charge is 0.256 e. The molecule has 1 nitrogen and oxygen atoms in total. The third-order valence-electron chi connectivity index (χ3n) is 2.01. The van der Waals surface area contributed by atoms with Crippen LogP contribution < -0.4 is 0 Å². The van der Waals surface area contributed by atoms with E-state index in [2.05, 4.69) is 36.2 Å². The summed E-state index contributed by atoms with van der Waals surface area (Å²) in [5.74, 6) is 0. The summed E-state index contributed by atoms with van der Waals surface area (Å²) in [5.41, 5.74) is 3.48. The molecule has 0 N–H and O–H groups in total. The molecule has 0 amide bonds. The number of rotatable bonds is 1. The molecule has 0 saturated carbocycles. The molecule has 0 atom stereocenters. The van der Waals surface area contributed by atoms with E-state index in [9.17, 15) is 0 Å². The Balaban J connectivity index is 0.000000980. The molecule has 0 fully saturated rings. The van der Waals surface area contributed by atoms with Crippen LogP contribution in [0.25, 0.3) is 11.3 Å². The normalized spacial score (nSPS) is 9.21. The van der Waals surface area contributed by atoms with Crippen molar-refractivity contribution in [1.29, 1.82) is 0 Å². The SMILES string of the molecule is Cc1ccc(-c2ccccn2)cc1.[Ir]. The summed E-state index contributed by atoms with van der Waals surface area (Å²) >= 11 is 0. The van der Waals surface area contributed by atoms with Crippen LogP contribution >= 0.6 is 0 Å². The second-order valence-corrected chi connectivity index (χ2v) is 3.08. The van der Waals surface area contributed by atoms with Crippen molar-refractivity contribution < 1.29 is 20.1 Å². The van der Waals surface area contributed by atoms with Gasteiger partial charge in [-0.25, -0.2) is 0 Å². The van der Waals surface area contributed by atoms with E-state index >= 15 is 0 Å². The third kappa shape index (κ3) is 2.50. The van der Waals surface area contributed by atoms with E-state index in [0.717, 1.165) is 5.69 Å². The number of nitrogens with zero attached hydrogens (tertiary/aromatic N) is 1. The number of pyridine rings is 1. The van der Waals surface area contributed by atoms with Gasteiger partial charge in [-0.05, 0) is 19.1 Å². The minimum absolute atomic E-state index is 0. The maximum atomic E-state index is 4.28. The standard InChI is InChI=1S/C12H11N.Ir/c1-10-5-7-11(8-6-10)12-4-2-3-9-13-12;/h2-9H,1H3;. The molecule has 0 aliphatic carbocycles. The van der Waals surface area contributed by atoms with Crippen LogP contribution in [0.5, 0.6) is 0 Å². The molecule has 2 heteroatoms. The summed E-state index contributed by atoms with van der Waals surface area (Å²) in [6.45, 7) is 2.09. The van der Waals surface area contributed by atoms with Crippen LogP contribution in [0.1, 0.15) is 5.56 Å². The summed E-state index contributed by atoms with van der Waals surface area (Å²) in [4.78, 5) is 4.28. The van der Waals surface area contributed by atoms with Crippen molar-refractivity contribution in [2.75, 3.05) is 0 Å². The monoisotopic (exact) mass is 362 g/mol. The molecular weight excluding hydrogens is 350 g/mol. The smallest absolute Gasteiger partial charge is 0.0701 e. The van der Waals surface area contributed by atoms with Crippen molar-refractivity contribution in [3.05, 3.63) is 54.2 Å². The van der Waals surface area contributed by atoms with Gasteiger partial charge < -0.3 is 0 Å². The summed E-state index contributed by atoms with van der Waals surface area (Å²) in [5, 5.41) is 0. The van der Waals surface area contributed by atoms with Gasteiger partial charge >= 0.3 is 0 Å². The fraction of sp³-hybridized carbons (Fsp3) is 0.0833. The van der Waals surface area contributed by atoms with E-state index in [1.54, 1.807) is 0 Å². The molecule has 1 heterocycles. The molecule has 73 valence electrons. The van der Waals surface area contributed by atoms with Gasteiger partial charge in [-0.1, -0.05) is 35.9 Å². The average molecular weight is 361 g/mol. The zero-order chi connectivity index (χ0) is 9.10. The van der Waals surface area contributed by atoms with E-state index in [-0.39, 0.29) is 20.1 Å². The topological polar surface area (TPSA) is 12.9 Å². The zero-order valence-electron chi connectivity index (χ0n) is 7.90. The quantitative estimate of drug-likeness (QED) is 0.761. The van der Waals surface area contributed by atoms with Gasteiger partial charge in [0.05, 0.1) is 5.69 Å². The molecule has 0 saturated heterocycles. The van der Waals surface area contributed by atoms with Gasteiger partial charge in [0.25, 0.3) is 0 Å². The van der Waals surface area contributed by atoms with Gasteiger partial charge in [-0.2, -0.15) is 0 Å². The summed E-state index contributed by atoms with van der Waals surface area (Å²) < 4.78 is 0. The first-order chi connectivity index (χ1) is 6.36. The number of aromatic nitrogens is 1. The number of hydrogen-bond acceptors (Lipinski definition) is 1. The van der Waals surface area contributed by atoms with Gasteiger partial charge in [0.2, 0.25) is 0 Å². The number of aryl methyl sites for hydroxylation is 1. The minimum atomic E-state index is 0. The second-order valence-electron chi connectivity index (χ2n) is 3.08. The van der Waals surface area contributed by atoms with E-state index < -0.39 is 0 Å². The Labute approximate surface area is 97.6 Å². The van der Waals surface area contributed by atoms with Crippen LogP contribution in [0.4, 0.5) is 0 Å². The van der Waals surface area contributed by atoms with Gasteiger partial charge in [0.1, 0.15) is 0 Å². The van der Waals surface area contributed by atoms with E-state index in [0.29, 0.717) is 0 Å². The predicted octanol–water partition coefficient (Wildman–Crippen LogP) is 3.05. The molecule has 0 spiro atoms. The van der Waals surface area contributed by atoms with Crippen molar-refractivity contribution in [3.63, 3.8) is 0 Å². The summed E-state index contributed by atoms with van der Waals surface area (Å²) in [6.07, 6.45) is 1.81. The predicted molar refractivity (Wildman–Crippen MR) is 54.4 cm³/mol. The van der Waals surface area contributed by atoms with Crippen molar-refractivity contribution >= 4 is 0 Å². The Morgan fingerprint density at radius 2 is 1.64 bits per heavy atom. The van der Waals surface area contributed by atoms with E-state index in [4.69, 9.17) is 0 Å². The zero-order valence-corrected chi connectivity index (χ0v) is 10.3.